The molecule has 126 valence electrons. The highest BCUT2D eigenvalue weighted by Crippen LogP contribution is 2.71. The molecule has 3 heteroatoms. The van der Waals surface area contributed by atoms with Gasteiger partial charge in [-0.2, -0.15) is 0 Å². The van der Waals surface area contributed by atoms with Crippen LogP contribution in [-0.2, 0) is 0 Å². The van der Waals surface area contributed by atoms with Gasteiger partial charge in [-0.25, -0.2) is 0 Å². The van der Waals surface area contributed by atoms with Gasteiger partial charge in [-0.05, 0) is 86.9 Å². The fourth-order valence-corrected chi connectivity index (χ4v) is 7.77. The second-order valence-corrected chi connectivity index (χ2v) is 9.64. The smallest absolute Gasteiger partial charge is 0.0910 e. The summed E-state index contributed by atoms with van der Waals surface area (Å²) in [4.78, 5) is 0. The average molecular weight is 308 g/mol. The maximum atomic E-state index is 11.0. The quantitative estimate of drug-likeness (QED) is 0.698. The van der Waals surface area contributed by atoms with Gasteiger partial charge in [0.15, 0.2) is 0 Å². The zero-order valence-electron chi connectivity index (χ0n) is 14.1. The Labute approximate surface area is 134 Å². The van der Waals surface area contributed by atoms with E-state index in [9.17, 15) is 15.3 Å². The van der Waals surface area contributed by atoms with E-state index < -0.39 is 11.2 Å². The van der Waals surface area contributed by atoms with Crippen molar-refractivity contribution in [3.8, 4) is 0 Å². The Morgan fingerprint density at radius 2 is 1.73 bits per heavy atom. The van der Waals surface area contributed by atoms with Crippen molar-refractivity contribution < 1.29 is 15.3 Å². The number of aliphatic hydroxyl groups excluding tert-OH is 1. The fraction of sp³-hybridized carbons (Fsp3) is 1.00. The van der Waals surface area contributed by atoms with Gasteiger partial charge < -0.3 is 15.3 Å². The molecule has 0 radical (unpaired) electrons. The molecule has 0 aromatic rings. The lowest BCUT2D eigenvalue weighted by molar-refractivity contribution is -0.180. The third kappa shape index (κ3) is 1.79. The lowest BCUT2D eigenvalue weighted by atomic mass is 9.43. The molecule has 0 aliphatic heterocycles. The molecule has 0 saturated heterocycles. The highest BCUT2D eigenvalue weighted by Gasteiger charge is 2.67. The lowest BCUT2D eigenvalue weighted by Crippen LogP contribution is -2.58. The average Bonchev–Trinajstić information content (AvgIpc) is 2.65. The minimum absolute atomic E-state index is 0.0794. The maximum absolute atomic E-state index is 11.0. The van der Waals surface area contributed by atoms with Gasteiger partial charge in [0.1, 0.15) is 0 Å². The molecule has 3 nitrogen and oxygen atoms in total. The zero-order chi connectivity index (χ0) is 15.8. The molecule has 0 amide bonds. The van der Waals surface area contributed by atoms with Crippen molar-refractivity contribution in [2.75, 3.05) is 6.61 Å². The first-order valence-electron chi connectivity index (χ1n) is 9.31. The number of fused-ring (bicyclic) bond motifs is 3. The second-order valence-electron chi connectivity index (χ2n) is 9.64. The van der Waals surface area contributed by atoms with Crippen LogP contribution in [0, 0.1) is 28.6 Å². The lowest BCUT2D eigenvalue weighted by Gasteiger charge is -2.63. The van der Waals surface area contributed by atoms with Crippen molar-refractivity contribution in [2.45, 2.75) is 82.8 Å². The largest absolute Gasteiger partial charge is 0.393 e. The Bertz CT molecular complexity index is 475. The second kappa shape index (κ2) is 4.49. The third-order valence-corrected chi connectivity index (χ3v) is 8.56. The molecule has 2 bridgehead atoms. The van der Waals surface area contributed by atoms with Crippen LogP contribution in [0.3, 0.4) is 0 Å². The van der Waals surface area contributed by atoms with Crippen LogP contribution in [-0.4, -0.2) is 33.1 Å². The summed E-state index contributed by atoms with van der Waals surface area (Å²) in [6, 6.07) is 0. The van der Waals surface area contributed by atoms with Crippen LogP contribution in [0.2, 0.25) is 0 Å². The minimum Gasteiger partial charge on any atom is -0.393 e. The molecular formula is C19H32O3. The molecule has 1 spiro atoms. The van der Waals surface area contributed by atoms with Crippen LogP contribution >= 0.6 is 0 Å². The topological polar surface area (TPSA) is 60.7 Å². The van der Waals surface area contributed by atoms with E-state index in [-0.39, 0.29) is 23.4 Å². The van der Waals surface area contributed by atoms with Crippen molar-refractivity contribution >= 4 is 0 Å². The van der Waals surface area contributed by atoms with E-state index in [4.69, 9.17) is 0 Å². The van der Waals surface area contributed by atoms with Crippen molar-refractivity contribution in [3.63, 3.8) is 0 Å². The molecular weight excluding hydrogens is 276 g/mol. The van der Waals surface area contributed by atoms with Crippen LogP contribution in [0.1, 0.15) is 71.6 Å². The summed E-state index contributed by atoms with van der Waals surface area (Å²) in [5.74, 6) is 1.31. The van der Waals surface area contributed by atoms with E-state index in [1.807, 2.05) is 0 Å². The molecule has 0 aromatic heterocycles. The third-order valence-electron chi connectivity index (χ3n) is 8.56. The summed E-state index contributed by atoms with van der Waals surface area (Å²) in [5, 5.41) is 31.6. The van der Waals surface area contributed by atoms with Gasteiger partial charge in [0.25, 0.3) is 0 Å². The number of hydrogen-bond acceptors (Lipinski definition) is 3. The molecule has 4 saturated carbocycles. The van der Waals surface area contributed by atoms with Crippen LogP contribution in [0.4, 0.5) is 0 Å². The van der Waals surface area contributed by atoms with Crippen LogP contribution in [0.25, 0.3) is 0 Å². The molecule has 7 atom stereocenters. The monoisotopic (exact) mass is 308 g/mol. The Morgan fingerprint density at radius 1 is 0.955 bits per heavy atom. The normalized spacial score (nSPS) is 60.7. The van der Waals surface area contributed by atoms with Gasteiger partial charge in [0, 0.05) is 0 Å². The van der Waals surface area contributed by atoms with Crippen LogP contribution in [0.15, 0.2) is 0 Å². The molecule has 0 unspecified atom stereocenters. The van der Waals surface area contributed by atoms with Crippen molar-refractivity contribution in [2.24, 2.45) is 28.6 Å². The molecule has 4 fully saturated rings. The van der Waals surface area contributed by atoms with Crippen LogP contribution in [0.5, 0.6) is 0 Å². The Kier molecular flexibility index (Phi) is 3.14. The highest BCUT2D eigenvalue weighted by molar-refractivity contribution is 5.17. The molecule has 0 aromatic carbocycles. The summed E-state index contributed by atoms with van der Waals surface area (Å²) < 4.78 is 0. The molecule has 22 heavy (non-hydrogen) atoms. The summed E-state index contributed by atoms with van der Waals surface area (Å²) in [6.45, 7) is 4.40. The van der Waals surface area contributed by atoms with E-state index in [2.05, 4.69) is 13.8 Å². The van der Waals surface area contributed by atoms with E-state index >= 15 is 0 Å². The minimum atomic E-state index is -0.838. The van der Waals surface area contributed by atoms with Gasteiger partial charge in [0.2, 0.25) is 0 Å². The fourth-order valence-electron chi connectivity index (χ4n) is 7.77. The summed E-state index contributed by atoms with van der Waals surface area (Å²) in [7, 11) is 0. The molecule has 4 aliphatic rings. The first-order chi connectivity index (χ1) is 10.3. The Hall–Kier alpha value is -0.120. The first kappa shape index (κ1) is 15.4. The summed E-state index contributed by atoms with van der Waals surface area (Å²) in [6.07, 6.45) is 9.62. The predicted molar refractivity (Wildman–Crippen MR) is 85.2 cm³/mol. The van der Waals surface area contributed by atoms with Gasteiger partial charge in [-0.1, -0.05) is 13.3 Å². The van der Waals surface area contributed by atoms with Gasteiger partial charge in [-0.3, -0.25) is 0 Å². The zero-order valence-corrected chi connectivity index (χ0v) is 14.1. The number of hydrogen-bond donors (Lipinski definition) is 3. The van der Waals surface area contributed by atoms with Crippen molar-refractivity contribution in [1.82, 2.24) is 0 Å². The van der Waals surface area contributed by atoms with Crippen molar-refractivity contribution in [3.05, 3.63) is 0 Å². The van der Waals surface area contributed by atoms with E-state index in [0.717, 1.165) is 44.9 Å². The maximum Gasteiger partial charge on any atom is 0.0910 e. The highest BCUT2D eigenvalue weighted by atomic mass is 16.3. The SMILES string of the molecule is C[C@@]12CCC[C@@](C)(O)[C@H]1CC[C@@]13C[C@@H](CC[C@H]12)[C@@](O)(CO)C3. The summed E-state index contributed by atoms with van der Waals surface area (Å²) in [5.41, 5.74) is -0.919. The Balaban J connectivity index is 1.72. The molecule has 3 N–H and O–H groups in total. The molecule has 4 aliphatic carbocycles. The first-order valence-corrected chi connectivity index (χ1v) is 9.31. The van der Waals surface area contributed by atoms with E-state index in [0.29, 0.717) is 11.8 Å². The van der Waals surface area contributed by atoms with Gasteiger partial charge >= 0.3 is 0 Å². The number of aliphatic hydroxyl groups is 3. The molecule has 0 heterocycles. The standard InChI is InChI=1S/C19H32O3/c1-16-7-3-8-17(2,21)14(16)6-9-18-10-13(4-5-15(16)18)19(22,11-18)12-20/h13-15,20-22H,3-12H2,1-2H3/t13-,14+,15+,16-,17-,18+,19+/m1/s1. The van der Waals surface area contributed by atoms with Crippen LogP contribution < -0.4 is 0 Å². The van der Waals surface area contributed by atoms with Crippen molar-refractivity contribution in [1.29, 1.82) is 0 Å². The van der Waals surface area contributed by atoms with Gasteiger partial charge in [0.05, 0.1) is 17.8 Å². The van der Waals surface area contributed by atoms with E-state index in [1.54, 1.807) is 0 Å². The predicted octanol–water partition coefficient (Wildman–Crippen LogP) is 2.87. The molecule has 4 rings (SSSR count). The van der Waals surface area contributed by atoms with E-state index in [1.165, 1.54) is 12.8 Å². The number of rotatable bonds is 1. The summed E-state index contributed by atoms with van der Waals surface area (Å²) >= 11 is 0. The Morgan fingerprint density at radius 3 is 2.45 bits per heavy atom. The van der Waals surface area contributed by atoms with Gasteiger partial charge in [-0.15, -0.1) is 0 Å².